The van der Waals surface area contributed by atoms with Crippen molar-refractivity contribution >= 4 is 21.4 Å². The summed E-state index contributed by atoms with van der Waals surface area (Å²) in [7, 11) is 0. The highest BCUT2D eigenvalue weighted by Crippen LogP contribution is 2.33. The van der Waals surface area contributed by atoms with Gasteiger partial charge in [0.25, 0.3) is 0 Å². The second kappa shape index (κ2) is 4.72. The molecule has 1 N–H and O–H groups in total. The lowest BCUT2D eigenvalue weighted by Crippen LogP contribution is -1.97. The summed E-state index contributed by atoms with van der Waals surface area (Å²) < 4.78 is 27.0. The zero-order valence-electron chi connectivity index (χ0n) is 9.81. The molecule has 2 aromatic carbocycles. The number of thiophene rings is 1. The van der Waals surface area contributed by atoms with E-state index in [0.717, 1.165) is 10.1 Å². The summed E-state index contributed by atoms with van der Waals surface area (Å²) in [4.78, 5) is 0.672. The summed E-state index contributed by atoms with van der Waals surface area (Å²) in [6, 6.07) is 12.1. The van der Waals surface area contributed by atoms with E-state index in [2.05, 4.69) is 0 Å². The van der Waals surface area contributed by atoms with Crippen LogP contribution in [-0.2, 0) is 0 Å². The molecule has 0 aliphatic rings. The van der Waals surface area contributed by atoms with Crippen LogP contribution in [0.2, 0.25) is 0 Å². The van der Waals surface area contributed by atoms with Crippen LogP contribution in [0.25, 0.3) is 10.1 Å². The number of fused-ring (bicyclic) bond motifs is 1. The number of benzene rings is 2. The van der Waals surface area contributed by atoms with Crippen LogP contribution in [0.5, 0.6) is 0 Å². The molecule has 1 unspecified atom stereocenters. The molecule has 0 aliphatic carbocycles. The lowest BCUT2D eigenvalue weighted by atomic mass is 10.1. The van der Waals surface area contributed by atoms with Gasteiger partial charge in [-0.25, -0.2) is 8.78 Å². The van der Waals surface area contributed by atoms with E-state index in [0.29, 0.717) is 10.4 Å². The van der Waals surface area contributed by atoms with Gasteiger partial charge in [0.2, 0.25) is 0 Å². The van der Waals surface area contributed by atoms with Gasteiger partial charge < -0.3 is 5.11 Å². The Morgan fingerprint density at radius 3 is 2.53 bits per heavy atom. The first-order chi connectivity index (χ1) is 9.13. The Morgan fingerprint density at radius 2 is 1.74 bits per heavy atom. The fraction of sp³-hybridized carbons (Fsp3) is 0.0667. The van der Waals surface area contributed by atoms with Crippen molar-refractivity contribution in [3.05, 3.63) is 70.6 Å². The van der Waals surface area contributed by atoms with E-state index in [4.69, 9.17) is 0 Å². The van der Waals surface area contributed by atoms with Crippen LogP contribution in [0.1, 0.15) is 16.5 Å². The van der Waals surface area contributed by atoms with E-state index in [1.807, 2.05) is 0 Å². The van der Waals surface area contributed by atoms with Gasteiger partial charge in [-0.05, 0) is 41.3 Å². The van der Waals surface area contributed by atoms with Crippen molar-refractivity contribution in [2.24, 2.45) is 0 Å². The summed E-state index contributed by atoms with van der Waals surface area (Å²) in [6.07, 6.45) is -0.892. The zero-order valence-corrected chi connectivity index (χ0v) is 10.6. The third-order valence-electron chi connectivity index (χ3n) is 2.94. The standard InChI is InChI=1S/C15H10F2OS/c16-11-3-1-2-10(6-11)15(18)14-7-9-4-5-12(17)8-13(9)19-14/h1-8,15,18H. The average Bonchev–Trinajstić information content (AvgIpc) is 2.80. The first kappa shape index (κ1) is 12.3. The van der Waals surface area contributed by atoms with Gasteiger partial charge in [-0.1, -0.05) is 18.2 Å². The largest absolute Gasteiger partial charge is 0.383 e. The molecular weight excluding hydrogens is 266 g/mol. The highest BCUT2D eigenvalue weighted by molar-refractivity contribution is 7.19. The van der Waals surface area contributed by atoms with Crippen molar-refractivity contribution in [1.29, 1.82) is 0 Å². The van der Waals surface area contributed by atoms with E-state index in [1.54, 1.807) is 24.3 Å². The van der Waals surface area contributed by atoms with Crippen molar-refractivity contribution in [3.8, 4) is 0 Å². The average molecular weight is 276 g/mol. The van der Waals surface area contributed by atoms with Gasteiger partial charge in [-0.15, -0.1) is 11.3 Å². The van der Waals surface area contributed by atoms with E-state index >= 15 is 0 Å². The maximum Gasteiger partial charge on any atom is 0.124 e. The maximum absolute atomic E-state index is 13.1. The van der Waals surface area contributed by atoms with Gasteiger partial charge in [0.05, 0.1) is 0 Å². The first-order valence-electron chi connectivity index (χ1n) is 5.76. The zero-order chi connectivity index (χ0) is 13.4. The van der Waals surface area contributed by atoms with Gasteiger partial charge in [0.15, 0.2) is 0 Å². The fourth-order valence-corrected chi connectivity index (χ4v) is 3.11. The van der Waals surface area contributed by atoms with Crippen LogP contribution < -0.4 is 0 Å². The molecule has 1 nitrogen and oxygen atoms in total. The van der Waals surface area contributed by atoms with E-state index < -0.39 is 6.10 Å². The van der Waals surface area contributed by atoms with E-state index in [1.165, 1.54) is 35.6 Å². The lowest BCUT2D eigenvalue weighted by Gasteiger charge is -2.08. The molecule has 3 rings (SSSR count). The third-order valence-corrected chi connectivity index (χ3v) is 4.09. The van der Waals surface area contributed by atoms with Crippen LogP contribution in [0, 0.1) is 11.6 Å². The van der Waals surface area contributed by atoms with Crippen LogP contribution in [0.3, 0.4) is 0 Å². The molecule has 0 bridgehead atoms. The Bertz CT molecular complexity index is 736. The SMILES string of the molecule is OC(c1cccc(F)c1)c1cc2ccc(F)cc2s1. The molecule has 0 saturated heterocycles. The van der Waals surface area contributed by atoms with Crippen molar-refractivity contribution in [2.45, 2.75) is 6.10 Å². The molecule has 0 spiro atoms. The molecule has 19 heavy (non-hydrogen) atoms. The van der Waals surface area contributed by atoms with Crippen molar-refractivity contribution < 1.29 is 13.9 Å². The number of hydrogen-bond donors (Lipinski definition) is 1. The number of hydrogen-bond acceptors (Lipinski definition) is 2. The maximum atomic E-state index is 13.1. The van der Waals surface area contributed by atoms with Crippen LogP contribution in [-0.4, -0.2) is 5.11 Å². The molecule has 96 valence electrons. The number of rotatable bonds is 2. The Kier molecular flexibility index (Phi) is 3.05. The molecular formula is C15H10F2OS. The van der Waals surface area contributed by atoms with Gasteiger partial charge in [0, 0.05) is 9.58 Å². The molecule has 0 aliphatic heterocycles. The summed E-state index contributed by atoms with van der Waals surface area (Å²) >= 11 is 1.31. The van der Waals surface area contributed by atoms with Gasteiger partial charge in [-0.3, -0.25) is 0 Å². The summed E-state index contributed by atoms with van der Waals surface area (Å²) in [5.41, 5.74) is 0.493. The molecule has 0 amide bonds. The van der Waals surface area contributed by atoms with Crippen LogP contribution in [0.15, 0.2) is 48.5 Å². The van der Waals surface area contributed by atoms with Crippen molar-refractivity contribution in [2.75, 3.05) is 0 Å². The van der Waals surface area contributed by atoms with Crippen molar-refractivity contribution in [3.63, 3.8) is 0 Å². The minimum atomic E-state index is -0.892. The summed E-state index contributed by atoms with van der Waals surface area (Å²) in [5.74, 6) is -0.690. The Labute approximate surface area is 112 Å². The number of aliphatic hydroxyl groups is 1. The van der Waals surface area contributed by atoms with Gasteiger partial charge >= 0.3 is 0 Å². The Balaban J connectivity index is 2.04. The molecule has 1 atom stereocenters. The van der Waals surface area contributed by atoms with E-state index in [9.17, 15) is 13.9 Å². The molecule has 3 aromatic rings. The fourth-order valence-electron chi connectivity index (χ4n) is 2.00. The minimum Gasteiger partial charge on any atom is -0.383 e. The Morgan fingerprint density at radius 1 is 0.947 bits per heavy atom. The minimum absolute atomic E-state index is 0.304. The predicted molar refractivity (Wildman–Crippen MR) is 72.2 cm³/mol. The lowest BCUT2D eigenvalue weighted by molar-refractivity contribution is 0.223. The van der Waals surface area contributed by atoms with Crippen LogP contribution in [0.4, 0.5) is 8.78 Å². The molecule has 1 heterocycles. The molecule has 1 aromatic heterocycles. The van der Waals surface area contributed by atoms with Crippen LogP contribution >= 0.6 is 11.3 Å². The summed E-state index contributed by atoms with van der Waals surface area (Å²) in [6.45, 7) is 0. The van der Waals surface area contributed by atoms with Gasteiger partial charge in [-0.2, -0.15) is 0 Å². The highest BCUT2D eigenvalue weighted by Gasteiger charge is 2.14. The molecule has 4 heteroatoms. The monoisotopic (exact) mass is 276 g/mol. The van der Waals surface area contributed by atoms with Gasteiger partial charge in [0.1, 0.15) is 17.7 Å². The predicted octanol–water partition coefficient (Wildman–Crippen LogP) is 4.26. The third kappa shape index (κ3) is 2.37. The highest BCUT2D eigenvalue weighted by atomic mass is 32.1. The second-order valence-corrected chi connectivity index (χ2v) is 5.40. The smallest absolute Gasteiger partial charge is 0.124 e. The second-order valence-electron chi connectivity index (χ2n) is 4.29. The summed E-state index contributed by atoms with van der Waals surface area (Å²) in [5, 5.41) is 11.1. The molecule has 0 saturated carbocycles. The Hall–Kier alpha value is -1.78. The number of aliphatic hydroxyl groups excluding tert-OH is 1. The van der Waals surface area contributed by atoms with Crippen molar-refractivity contribution in [1.82, 2.24) is 0 Å². The van der Waals surface area contributed by atoms with E-state index in [-0.39, 0.29) is 11.6 Å². The topological polar surface area (TPSA) is 20.2 Å². The molecule has 0 fully saturated rings. The molecule has 0 radical (unpaired) electrons. The normalized spacial score (nSPS) is 12.8. The quantitative estimate of drug-likeness (QED) is 0.741. The first-order valence-corrected chi connectivity index (χ1v) is 6.58. The number of halogens is 2.